The smallest absolute Gasteiger partial charge is 0.341 e. The topological polar surface area (TPSA) is 90.9 Å². The standard InChI is InChI=1S/C21H25NO6S/c1-5-15-13(4)29-20(19(15)21(25)27-7-3)22-18(24)12-28-16-9-8-14(11-23)10-17(16)26-6-2/h8-11H,5-7,12H2,1-4H3,(H,22,24). The number of rotatable bonds is 10. The maximum atomic E-state index is 12.4. The number of thiophene rings is 1. The summed E-state index contributed by atoms with van der Waals surface area (Å²) in [6, 6.07) is 4.72. The van der Waals surface area contributed by atoms with Gasteiger partial charge in [-0.25, -0.2) is 4.79 Å². The first-order chi connectivity index (χ1) is 13.9. The Morgan fingerprint density at radius 2 is 1.86 bits per heavy atom. The van der Waals surface area contributed by atoms with E-state index in [0.29, 0.717) is 46.9 Å². The quantitative estimate of drug-likeness (QED) is 0.462. The van der Waals surface area contributed by atoms with Gasteiger partial charge in [-0.2, -0.15) is 0 Å². The molecule has 7 nitrogen and oxygen atoms in total. The van der Waals surface area contributed by atoms with Crippen LogP contribution in [0.3, 0.4) is 0 Å². The second-order valence-electron chi connectivity index (χ2n) is 6.01. The fraction of sp³-hybridized carbons (Fsp3) is 0.381. The molecule has 0 radical (unpaired) electrons. The average Bonchev–Trinajstić information content (AvgIpc) is 3.02. The van der Waals surface area contributed by atoms with Gasteiger partial charge in [-0.05, 0) is 51.0 Å². The Balaban J connectivity index is 2.14. The predicted molar refractivity (Wildman–Crippen MR) is 112 cm³/mol. The van der Waals surface area contributed by atoms with Crippen LogP contribution in [0.5, 0.6) is 11.5 Å². The maximum absolute atomic E-state index is 12.4. The molecule has 0 fully saturated rings. The molecule has 0 spiro atoms. The van der Waals surface area contributed by atoms with E-state index in [4.69, 9.17) is 14.2 Å². The van der Waals surface area contributed by atoms with Gasteiger partial charge >= 0.3 is 5.97 Å². The van der Waals surface area contributed by atoms with Crippen molar-refractivity contribution in [2.45, 2.75) is 34.1 Å². The highest BCUT2D eigenvalue weighted by atomic mass is 32.1. The molecule has 0 aliphatic carbocycles. The van der Waals surface area contributed by atoms with Crippen molar-refractivity contribution in [1.82, 2.24) is 0 Å². The lowest BCUT2D eigenvalue weighted by Gasteiger charge is -2.12. The van der Waals surface area contributed by atoms with E-state index in [1.165, 1.54) is 11.3 Å². The number of hydrogen-bond acceptors (Lipinski definition) is 7. The van der Waals surface area contributed by atoms with Crippen LogP contribution in [-0.2, 0) is 16.0 Å². The van der Waals surface area contributed by atoms with Crippen molar-refractivity contribution in [3.63, 3.8) is 0 Å². The number of ether oxygens (including phenoxy) is 3. The molecule has 0 aliphatic heterocycles. The molecule has 2 rings (SSSR count). The summed E-state index contributed by atoms with van der Waals surface area (Å²) < 4.78 is 16.2. The van der Waals surface area contributed by atoms with Gasteiger partial charge in [0.2, 0.25) is 0 Å². The third kappa shape index (κ3) is 5.57. The fourth-order valence-electron chi connectivity index (χ4n) is 2.80. The van der Waals surface area contributed by atoms with Gasteiger partial charge in [0.05, 0.1) is 18.8 Å². The number of benzene rings is 1. The van der Waals surface area contributed by atoms with Crippen LogP contribution in [0.15, 0.2) is 18.2 Å². The van der Waals surface area contributed by atoms with Crippen LogP contribution in [0.25, 0.3) is 0 Å². The van der Waals surface area contributed by atoms with Gasteiger partial charge in [-0.15, -0.1) is 11.3 Å². The van der Waals surface area contributed by atoms with Gasteiger partial charge < -0.3 is 19.5 Å². The molecule has 156 valence electrons. The van der Waals surface area contributed by atoms with Gasteiger partial charge in [0.1, 0.15) is 11.3 Å². The van der Waals surface area contributed by atoms with Crippen LogP contribution in [0.1, 0.15) is 51.9 Å². The second kappa shape index (κ2) is 10.6. The zero-order valence-electron chi connectivity index (χ0n) is 17.0. The summed E-state index contributed by atoms with van der Waals surface area (Å²) in [4.78, 5) is 36.7. The molecule has 2 aromatic rings. The van der Waals surface area contributed by atoms with E-state index in [1.54, 1.807) is 25.1 Å². The van der Waals surface area contributed by atoms with Crippen molar-refractivity contribution < 1.29 is 28.6 Å². The largest absolute Gasteiger partial charge is 0.490 e. The molecule has 1 aromatic carbocycles. The van der Waals surface area contributed by atoms with Crippen molar-refractivity contribution in [2.75, 3.05) is 25.1 Å². The van der Waals surface area contributed by atoms with Gasteiger partial charge in [0, 0.05) is 10.4 Å². The van der Waals surface area contributed by atoms with E-state index in [2.05, 4.69) is 5.32 Å². The Morgan fingerprint density at radius 1 is 1.10 bits per heavy atom. The number of hydrogen-bond donors (Lipinski definition) is 1. The van der Waals surface area contributed by atoms with Crippen molar-refractivity contribution in [1.29, 1.82) is 0 Å². The summed E-state index contributed by atoms with van der Waals surface area (Å²) in [6.07, 6.45) is 1.37. The monoisotopic (exact) mass is 419 g/mol. The van der Waals surface area contributed by atoms with E-state index in [9.17, 15) is 14.4 Å². The first-order valence-corrected chi connectivity index (χ1v) is 10.2. The average molecular weight is 419 g/mol. The van der Waals surface area contributed by atoms with Crippen molar-refractivity contribution >= 4 is 34.5 Å². The molecular weight excluding hydrogens is 394 g/mol. The van der Waals surface area contributed by atoms with Crippen molar-refractivity contribution in [2.24, 2.45) is 0 Å². The lowest BCUT2D eigenvalue weighted by atomic mass is 10.1. The molecule has 0 bridgehead atoms. The van der Waals surface area contributed by atoms with E-state index in [-0.39, 0.29) is 13.2 Å². The molecule has 1 aromatic heterocycles. The van der Waals surface area contributed by atoms with Crippen molar-refractivity contribution in [3.05, 3.63) is 39.8 Å². The molecule has 0 aliphatic rings. The zero-order valence-corrected chi connectivity index (χ0v) is 17.8. The van der Waals surface area contributed by atoms with Gasteiger partial charge in [0.25, 0.3) is 5.91 Å². The lowest BCUT2D eigenvalue weighted by molar-refractivity contribution is -0.118. The summed E-state index contributed by atoms with van der Waals surface area (Å²) in [7, 11) is 0. The normalized spacial score (nSPS) is 10.3. The highest BCUT2D eigenvalue weighted by Gasteiger charge is 2.23. The first kappa shape index (κ1) is 22.4. The number of carbonyl (C=O) groups is 3. The minimum Gasteiger partial charge on any atom is -0.490 e. The molecule has 8 heteroatoms. The van der Waals surface area contributed by atoms with Crippen LogP contribution in [0.4, 0.5) is 5.00 Å². The van der Waals surface area contributed by atoms with Gasteiger partial charge in [0.15, 0.2) is 18.1 Å². The molecule has 1 amide bonds. The molecule has 1 N–H and O–H groups in total. The minimum absolute atomic E-state index is 0.254. The van der Waals surface area contributed by atoms with Gasteiger partial charge in [-0.1, -0.05) is 6.92 Å². The Kier molecular flexibility index (Phi) is 8.21. The number of aryl methyl sites for hydroxylation is 1. The summed E-state index contributed by atoms with van der Waals surface area (Å²) in [5.41, 5.74) is 1.72. The number of amides is 1. The Bertz CT molecular complexity index is 890. The predicted octanol–water partition coefficient (Wildman–Crippen LogP) is 4.02. The molecule has 29 heavy (non-hydrogen) atoms. The Morgan fingerprint density at radius 3 is 2.48 bits per heavy atom. The zero-order chi connectivity index (χ0) is 21.4. The van der Waals surface area contributed by atoms with Crippen LogP contribution >= 0.6 is 11.3 Å². The number of nitrogens with one attached hydrogen (secondary N) is 1. The summed E-state index contributed by atoms with van der Waals surface area (Å²) >= 11 is 1.33. The number of anilines is 1. The molecule has 1 heterocycles. The number of aldehydes is 1. The molecular formula is C21H25NO6S. The van der Waals surface area contributed by atoms with E-state index < -0.39 is 11.9 Å². The molecule has 0 atom stereocenters. The van der Waals surface area contributed by atoms with E-state index in [0.717, 1.165) is 10.4 Å². The van der Waals surface area contributed by atoms with E-state index >= 15 is 0 Å². The van der Waals surface area contributed by atoms with Crippen LogP contribution in [0.2, 0.25) is 0 Å². The van der Waals surface area contributed by atoms with E-state index in [1.807, 2.05) is 20.8 Å². The number of carbonyl (C=O) groups excluding carboxylic acids is 3. The number of esters is 1. The van der Waals surface area contributed by atoms with Crippen LogP contribution < -0.4 is 14.8 Å². The Hall–Kier alpha value is -2.87. The molecule has 0 saturated carbocycles. The summed E-state index contributed by atoms with van der Waals surface area (Å²) in [5, 5.41) is 3.20. The fourth-order valence-corrected chi connectivity index (χ4v) is 3.95. The highest BCUT2D eigenvalue weighted by Crippen LogP contribution is 2.34. The maximum Gasteiger partial charge on any atom is 0.341 e. The van der Waals surface area contributed by atoms with Gasteiger partial charge in [-0.3, -0.25) is 9.59 Å². The summed E-state index contributed by atoms with van der Waals surface area (Å²) in [6.45, 7) is 7.77. The Labute approximate surface area is 174 Å². The lowest BCUT2D eigenvalue weighted by Crippen LogP contribution is -2.21. The van der Waals surface area contributed by atoms with Crippen molar-refractivity contribution in [3.8, 4) is 11.5 Å². The summed E-state index contributed by atoms with van der Waals surface area (Å²) in [5.74, 6) is -0.124. The molecule has 0 saturated heterocycles. The minimum atomic E-state index is -0.451. The third-order valence-corrected chi connectivity index (χ3v) is 5.12. The molecule has 0 unspecified atom stereocenters. The third-order valence-electron chi connectivity index (χ3n) is 4.06. The van der Waals surface area contributed by atoms with Crippen LogP contribution in [-0.4, -0.2) is 38.0 Å². The SMILES string of the molecule is CCOC(=O)c1c(NC(=O)COc2ccc(C=O)cc2OCC)sc(C)c1CC. The first-order valence-electron chi connectivity index (χ1n) is 9.39. The highest BCUT2D eigenvalue weighted by molar-refractivity contribution is 7.16. The second-order valence-corrected chi connectivity index (χ2v) is 7.23. The van der Waals surface area contributed by atoms with Crippen LogP contribution in [0, 0.1) is 6.92 Å².